The minimum Gasteiger partial charge on any atom is -0.352 e. The molecule has 0 aliphatic carbocycles. The van der Waals surface area contributed by atoms with Crippen molar-refractivity contribution in [1.82, 2.24) is 15.1 Å². The number of thiophene rings is 1. The van der Waals surface area contributed by atoms with Crippen LogP contribution in [0.5, 0.6) is 0 Å². The summed E-state index contributed by atoms with van der Waals surface area (Å²) < 4.78 is 0. The summed E-state index contributed by atoms with van der Waals surface area (Å²) in [6.07, 6.45) is 3.09. The van der Waals surface area contributed by atoms with Gasteiger partial charge in [0.05, 0.1) is 4.88 Å². The minimum atomic E-state index is 0.212. The van der Waals surface area contributed by atoms with Gasteiger partial charge in [0.1, 0.15) is 5.69 Å². The summed E-state index contributed by atoms with van der Waals surface area (Å²) in [5.41, 5.74) is 0.905. The van der Waals surface area contributed by atoms with Gasteiger partial charge in [-0.1, -0.05) is 12.1 Å². The molecule has 23 heavy (non-hydrogen) atoms. The highest BCUT2D eigenvalue weighted by molar-refractivity contribution is 7.13. The zero-order valence-corrected chi connectivity index (χ0v) is 13.8. The van der Waals surface area contributed by atoms with Crippen molar-refractivity contribution in [2.24, 2.45) is 0 Å². The van der Waals surface area contributed by atoms with Gasteiger partial charge in [-0.2, -0.15) is 0 Å². The average Bonchev–Trinajstić information content (AvgIpc) is 3.14. The molecular formula is C17H20N4OS. The molecule has 1 amide bonds. The van der Waals surface area contributed by atoms with E-state index in [1.807, 2.05) is 34.5 Å². The first-order chi connectivity index (χ1) is 11.3. The van der Waals surface area contributed by atoms with Crippen LogP contribution in [0, 0.1) is 0 Å². The Bertz CT molecular complexity index is 646. The van der Waals surface area contributed by atoms with E-state index in [1.54, 1.807) is 17.4 Å². The SMILES string of the molecule is C=CCCC(=O)N1CCN(c2ccc(-c3cccs3)nn2)CC1. The molecule has 0 spiro atoms. The maximum Gasteiger partial charge on any atom is 0.223 e. The Morgan fingerprint density at radius 3 is 2.65 bits per heavy atom. The maximum absolute atomic E-state index is 12.0. The van der Waals surface area contributed by atoms with Crippen molar-refractivity contribution in [2.45, 2.75) is 12.8 Å². The van der Waals surface area contributed by atoms with Crippen LogP contribution in [0.25, 0.3) is 10.6 Å². The largest absolute Gasteiger partial charge is 0.352 e. The van der Waals surface area contributed by atoms with Gasteiger partial charge >= 0.3 is 0 Å². The van der Waals surface area contributed by atoms with Crippen LogP contribution in [0.3, 0.4) is 0 Å². The third-order valence-corrected chi connectivity index (χ3v) is 4.84. The first-order valence-electron chi connectivity index (χ1n) is 7.79. The van der Waals surface area contributed by atoms with Crippen LogP contribution in [0.4, 0.5) is 5.82 Å². The number of hydrogen-bond acceptors (Lipinski definition) is 5. The van der Waals surface area contributed by atoms with E-state index in [1.165, 1.54) is 0 Å². The minimum absolute atomic E-state index is 0.212. The van der Waals surface area contributed by atoms with Gasteiger partial charge in [-0.05, 0) is 30.0 Å². The van der Waals surface area contributed by atoms with Crippen LogP contribution in [0.15, 0.2) is 42.3 Å². The summed E-state index contributed by atoms with van der Waals surface area (Å²) >= 11 is 1.66. The van der Waals surface area contributed by atoms with Crippen LogP contribution in [-0.4, -0.2) is 47.2 Å². The molecule has 3 rings (SSSR count). The van der Waals surface area contributed by atoms with E-state index >= 15 is 0 Å². The molecule has 0 atom stereocenters. The summed E-state index contributed by atoms with van der Waals surface area (Å²) in [4.78, 5) is 17.2. The van der Waals surface area contributed by atoms with Crippen LogP contribution in [0.1, 0.15) is 12.8 Å². The normalized spacial score (nSPS) is 14.8. The van der Waals surface area contributed by atoms with Crippen molar-refractivity contribution < 1.29 is 4.79 Å². The number of nitrogens with zero attached hydrogens (tertiary/aromatic N) is 4. The topological polar surface area (TPSA) is 49.3 Å². The molecule has 0 radical (unpaired) electrons. The van der Waals surface area contributed by atoms with Gasteiger partial charge in [0.15, 0.2) is 5.82 Å². The summed E-state index contributed by atoms with van der Waals surface area (Å²) in [5.74, 6) is 1.09. The highest BCUT2D eigenvalue weighted by Crippen LogP contribution is 2.23. The molecule has 5 nitrogen and oxygen atoms in total. The van der Waals surface area contributed by atoms with Crippen LogP contribution < -0.4 is 4.90 Å². The van der Waals surface area contributed by atoms with E-state index < -0.39 is 0 Å². The van der Waals surface area contributed by atoms with Gasteiger partial charge in [-0.25, -0.2) is 0 Å². The Morgan fingerprint density at radius 1 is 1.22 bits per heavy atom. The van der Waals surface area contributed by atoms with Crippen molar-refractivity contribution in [2.75, 3.05) is 31.1 Å². The molecule has 0 unspecified atom stereocenters. The average molecular weight is 328 g/mol. The van der Waals surface area contributed by atoms with Crippen molar-refractivity contribution in [3.63, 3.8) is 0 Å². The van der Waals surface area contributed by atoms with Crippen LogP contribution >= 0.6 is 11.3 Å². The second-order valence-electron chi connectivity index (χ2n) is 5.45. The Labute approximate surface area is 140 Å². The number of piperazine rings is 1. The van der Waals surface area contributed by atoms with E-state index in [-0.39, 0.29) is 5.91 Å². The molecule has 1 aliphatic rings. The lowest BCUT2D eigenvalue weighted by molar-refractivity contribution is -0.131. The van der Waals surface area contributed by atoms with E-state index in [4.69, 9.17) is 0 Å². The number of hydrogen-bond donors (Lipinski definition) is 0. The van der Waals surface area contributed by atoms with Gasteiger partial charge in [-0.15, -0.1) is 28.1 Å². The Balaban J connectivity index is 1.57. The van der Waals surface area contributed by atoms with Gasteiger partial charge in [-0.3, -0.25) is 4.79 Å². The van der Waals surface area contributed by atoms with E-state index in [9.17, 15) is 4.79 Å². The van der Waals surface area contributed by atoms with Gasteiger partial charge < -0.3 is 9.80 Å². The predicted octanol–water partition coefficient (Wildman–Crippen LogP) is 2.82. The fourth-order valence-corrected chi connectivity index (χ4v) is 3.31. The molecule has 0 bridgehead atoms. The molecule has 0 saturated carbocycles. The number of rotatable bonds is 5. The Kier molecular flexibility index (Phi) is 5.02. The Morgan fingerprint density at radius 2 is 2.04 bits per heavy atom. The van der Waals surface area contributed by atoms with Crippen molar-refractivity contribution in [1.29, 1.82) is 0 Å². The second-order valence-corrected chi connectivity index (χ2v) is 6.40. The standard InChI is InChI=1S/C17H20N4OS/c1-2-3-6-17(22)21-11-9-20(10-12-21)16-8-7-14(18-19-16)15-5-4-13-23-15/h2,4-5,7-8,13H,1,3,6,9-12H2. The van der Waals surface area contributed by atoms with Crippen molar-refractivity contribution in [3.05, 3.63) is 42.3 Å². The molecule has 1 aliphatic heterocycles. The third kappa shape index (κ3) is 3.76. The quantitative estimate of drug-likeness (QED) is 0.792. The number of carbonyl (C=O) groups excluding carboxylic acids is 1. The molecule has 6 heteroatoms. The summed E-state index contributed by atoms with van der Waals surface area (Å²) in [7, 11) is 0. The number of anilines is 1. The molecule has 0 N–H and O–H groups in total. The molecule has 1 fully saturated rings. The molecule has 1 saturated heterocycles. The summed E-state index contributed by atoms with van der Waals surface area (Å²) in [6, 6.07) is 8.08. The lowest BCUT2D eigenvalue weighted by Crippen LogP contribution is -2.49. The maximum atomic E-state index is 12.0. The smallest absolute Gasteiger partial charge is 0.223 e. The number of allylic oxidation sites excluding steroid dienone is 1. The first kappa shape index (κ1) is 15.7. The summed E-state index contributed by atoms with van der Waals surface area (Å²) in [5, 5.41) is 10.7. The molecule has 2 aromatic heterocycles. The monoisotopic (exact) mass is 328 g/mol. The Hall–Kier alpha value is -2.21. The van der Waals surface area contributed by atoms with E-state index in [0.29, 0.717) is 6.42 Å². The van der Waals surface area contributed by atoms with Gasteiger partial charge in [0, 0.05) is 32.6 Å². The van der Waals surface area contributed by atoms with Crippen molar-refractivity contribution >= 4 is 23.1 Å². The molecule has 2 aromatic rings. The number of amides is 1. The molecule has 0 aromatic carbocycles. The highest BCUT2D eigenvalue weighted by Gasteiger charge is 2.21. The first-order valence-corrected chi connectivity index (χ1v) is 8.67. The van der Waals surface area contributed by atoms with E-state index in [0.717, 1.165) is 49.0 Å². The van der Waals surface area contributed by atoms with E-state index in [2.05, 4.69) is 21.7 Å². The zero-order valence-electron chi connectivity index (χ0n) is 13.0. The number of carbonyl (C=O) groups is 1. The van der Waals surface area contributed by atoms with Crippen molar-refractivity contribution in [3.8, 4) is 10.6 Å². The predicted molar refractivity (Wildman–Crippen MR) is 93.6 cm³/mol. The zero-order chi connectivity index (χ0) is 16.1. The molecule has 120 valence electrons. The fourth-order valence-electron chi connectivity index (χ4n) is 2.62. The fraction of sp³-hybridized carbons (Fsp3) is 0.353. The van der Waals surface area contributed by atoms with Crippen LogP contribution in [0.2, 0.25) is 0 Å². The second kappa shape index (κ2) is 7.37. The van der Waals surface area contributed by atoms with Gasteiger partial charge in [0.2, 0.25) is 5.91 Å². The lowest BCUT2D eigenvalue weighted by atomic mass is 10.2. The molecule has 3 heterocycles. The summed E-state index contributed by atoms with van der Waals surface area (Å²) in [6.45, 7) is 6.74. The van der Waals surface area contributed by atoms with Crippen LogP contribution in [-0.2, 0) is 4.79 Å². The highest BCUT2D eigenvalue weighted by atomic mass is 32.1. The number of aromatic nitrogens is 2. The van der Waals surface area contributed by atoms with Gasteiger partial charge in [0.25, 0.3) is 0 Å². The molecular weight excluding hydrogens is 308 g/mol. The third-order valence-electron chi connectivity index (χ3n) is 3.94. The lowest BCUT2D eigenvalue weighted by Gasteiger charge is -2.35.